The zero-order valence-corrected chi connectivity index (χ0v) is 16.7. The number of aryl methyl sites for hydroxylation is 1. The van der Waals surface area contributed by atoms with Crippen LogP contribution in [0.15, 0.2) is 42.5 Å². The zero-order valence-electron chi connectivity index (χ0n) is 16.7. The Kier molecular flexibility index (Phi) is 7.70. The summed E-state index contributed by atoms with van der Waals surface area (Å²) < 4.78 is 10.2. The van der Waals surface area contributed by atoms with E-state index in [4.69, 9.17) is 9.47 Å². The van der Waals surface area contributed by atoms with Gasteiger partial charge in [-0.3, -0.25) is 14.9 Å². The summed E-state index contributed by atoms with van der Waals surface area (Å²) in [6, 6.07) is 11.5. The molecule has 1 amide bonds. The number of nitro groups is 1. The fourth-order valence-corrected chi connectivity index (χ4v) is 2.74. The third-order valence-electron chi connectivity index (χ3n) is 4.28. The maximum atomic E-state index is 12.6. The predicted molar refractivity (Wildman–Crippen MR) is 107 cm³/mol. The van der Waals surface area contributed by atoms with Gasteiger partial charge < -0.3 is 14.4 Å². The van der Waals surface area contributed by atoms with Crippen LogP contribution in [0.4, 0.5) is 5.69 Å². The Hall–Kier alpha value is -3.42. The highest BCUT2D eigenvalue weighted by molar-refractivity contribution is 5.94. The van der Waals surface area contributed by atoms with Crippen LogP contribution in [-0.2, 0) is 16.1 Å². The molecule has 8 heteroatoms. The summed E-state index contributed by atoms with van der Waals surface area (Å²) in [4.78, 5) is 36.9. The molecule has 0 N–H and O–H groups in total. The number of methoxy groups -OCH3 is 1. The molecule has 0 atom stereocenters. The lowest BCUT2D eigenvalue weighted by Gasteiger charge is -2.22. The lowest BCUT2D eigenvalue weighted by molar-refractivity contribution is -0.384. The molecule has 0 saturated carbocycles. The molecule has 0 aliphatic rings. The van der Waals surface area contributed by atoms with E-state index in [1.165, 1.54) is 19.2 Å². The van der Waals surface area contributed by atoms with Gasteiger partial charge in [0.05, 0.1) is 12.0 Å². The van der Waals surface area contributed by atoms with Gasteiger partial charge in [-0.15, -0.1) is 0 Å². The minimum atomic E-state index is -0.856. The molecule has 0 bridgehead atoms. The first-order valence-electron chi connectivity index (χ1n) is 9.18. The van der Waals surface area contributed by atoms with E-state index in [0.717, 1.165) is 23.6 Å². The highest BCUT2D eigenvalue weighted by Crippen LogP contribution is 2.24. The Morgan fingerprint density at radius 3 is 2.41 bits per heavy atom. The van der Waals surface area contributed by atoms with Gasteiger partial charge in [-0.2, -0.15) is 0 Å². The molecular formula is C21H24N2O6. The number of hydrogen-bond acceptors (Lipinski definition) is 6. The monoisotopic (exact) mass is 400 g/mol. The van der Waals surface area contributed by atoms with Crippen LogP contribution in [0.1, 0.15) is 34.8 Å². The highest BCUT2D eigenvalue weighted by Gasteiger charge is 2.21. The molecule has 2 aromatic rings. The molecule has 8 nitrogen and oxygen atoms in total. The molecule has 29 heavy (non-hydrogen) atoms. The summed E-state index contributed by atoms with van der Waals surface area (Å²) in [5.41, 5.74) is 1.73. The number of carbonyl (C=O) groups excluding carboxylic acids is 2. The van der Waals surface area contributed by atoms with Gasteiger partial charge in [0.15, 0.2) is 6.61 Å². The van der Waals surface area contributed by atoms with Gasteiger partial charge in [0.2, 0.25) is 0 Å². The predicted octanol–water partition coefficient (Wildman–Crippen LogP) is 3.51. The van der Waals surface area contributed by atoms with Crippen LogP contribution in [-0.4, -0.2) is 42.0 Å². The Labute approximate surface area is 169 Å². The van der Waals surface area contributed by atoms with Crippen molar-refractivity contribution in [1.82, 2.24) is 4.90 Å². The Morgan fingerprint density at radius 1 is 1.14 bits per heavy atom. The van der Waals surface area contributed by atoms with Crippen LogP contribution in [0.25, 0.3) is 0 Å². The number of rotatable bonds is 9. The Bertz CT molecular complexity index is 879. The molecular weight excluding hydrogens is 376 g/mol. The SMILES string of the molecule is CCCN(Cc1ccc(C)cc1)C(=O)COC(=O)c1cc([N+](=O)[O-])ccc1OC. The molecule has 2 aromatic carbocycles. The van der Waals surface area contributed by atoms with Gasteiger partial charge >= 0.3 is 5.97 Å². The lowest BCUT2D eigenvalue weighted by Crippen LogP contribution is -2.35. The van der Waals surface area contributed by atoms with Gasteiger partial charge in [0, 0.05) is 25.2 Å². The van der Waals surface area contributed by atoms with Crippen LogP contribution >= 0.6 is 0 Å². The van der Waals surface area contributed by atoms with Gasteiger partial charge in [0.1, 0.15) is 11.3 Å². The number of ether oxygens (including phenoxy) is 2. The molecule has 0 heterocycles. The number of hydrogen-bond donors (Lipinski definition) is 0. The highest BCUT2D eigenvalue weighted by atomic mass is 16.6. The number of carbonyl (C=O) groups is 2. The van der Waals surface area contributed by atoms with E-state index < -0.39 is 17.5 Å². The van der Waals surface area contributed by atoms with E-state index in [2.05, 4.69) is 0 Å². The Morgan fingerprint density at radius 2 is 1.83 bits per heavy atom. The molecule has 2 rings (SSSR count). The number of nitro benzene ring substituents is 1. The first kappa shape index (κ1) is 21.9. The van der Waals surface area contributed by atoms with Crippen molar-refractivity contribution >= 4 is 17.6 Å². The zero-order chi connectivity index (χ0) is 21.4. The maximum Gasteiger partial charge on any atom is 0.342 e. The van der Waals surface area contributed by atoms with Crippen molar-refractivity contribution in [2.75, 3.05) is 20.3 Å². The van der Waals surface area contributed by atoms with Gasteiger partial charge in [-0.05, 0) is 25.0 Å². The molecule has 0 aliphatic heterocycles. The lowest BCUT2D eigenvalue weighted by atomic mass is 10.1. The summed E-state index contributed by atoms with van der Waals surface area (Å²) >= 11 is 0. The molecule has 0 aromatic heterocycles. The van der Waals surface area contributed by atoms with E-state index in [1.54, 1.807) is 4.90 Å². The second-order valence-corrected chi connectivity index (χ2v) is 6.52. The van der Waals surface area contributed by atoms with Gasteiger partial charge in [-0.25, -0.2) is 4.79 Å². The normalized spacial score (nSPS) is 10.3. The summed E-state index contributed by atoms with van der Waals surface area (Å²) in [6.45, 7) is 4.40. The fourth-order valence-electron chi connectivity index (χ4n) is 2.74. The van der Waals surface area contributed by atoms with Crippen molar-refractivity contribution in [3.05, 3.63) is 69.3 Å². The van der Waals surface area contributed by atoms with Gasteiger partial charge in [-0.1, -0.05) is 36.8 Å². The second kappa shape index (κ2) is 10.2. The third-order valence-corrected chi connectivity index (χ3v) is 4.28. The summed E-state index contributed by atoms with van der Waals surface area (Å²) in [7, 11) is 1.34. The van der Waals surface area contributed by atoms with E-state index in [0.29, 0.717) is 13.1 Å². The van der Waals surface area contributed by atoms with Crippen LogP contribution in [0.3, 0.4) is 0 Å². The average Bonchev–Trinajstić information content (AvgIpc) is 2.72. The van der Waals surface area contributed by atoms with Crippen molar-refractivity contribution in [3.8, 4) is 5.75 Å². The molecule has 0 saturated heterocycles. The quantitative estimate of drug-likeness (QED) is 0.363. The standard InChI is InChI=1S/C21H24N2O6/c1-4-11-22(13-16-7-5-15(2)6-8-16)20(24)14-29-21(25)18-12-17(23(26)27)9-10-19(18)28-3/h5-10,12H,4,11,13-14H2,1-3H3. The van der Waals surface area contributed by atoms with Crippen LogP contribution in [0, 0.1) is 17.0 Å². The largest absolute Gasteiger partial charge is 0.496 e. The minimum Gasteiger partial charge on any atom is -0.496 e. The van der Waals surface area contributed by atoms with E-state index in [1.807, 2.05) is 38.1 Å². The third kappa shape index (κ3) is 6.03. The van der Waals surface area contributed by atoms with E-state index in [-0.39, 0.29) is 22.9 Å². The number of esters is 1. The minimum absolute atomic E-state index is 0.102. The maximum absolute atomic E-state index is 12.6. The molecule has 0 unspecified atom stereocenters. The molecule has 0 spiro atoms. The summed E-state index contributed by atoms with van der Waals surface area (Å²) in [6.07, 6.45) is 0.754. The molecule has 0 radical (unpaired) electrons. The van der Waals surface area contributed by atoms with E-state index in [9.17, 15) is 19.7 Å². The van der Waals surface area contributed by atoms with Crippen molar-refractivity contribution in [3.63, 3.8) is 0 Å². The number of non-ortho nitro benzene ring substituents is 1. The van der Waals surface area contributed by atoms with E-state index >= 15 is 0 Å². The number of nitrogens with zero attached hydrogens (tertiary/aromatic N) is 2. The number of benzene rings is 2. The fraction of sp³-hybridized carbons (Fsp3) is 0.333. The van der Waals surface area contributed by atoms with Gasteiger partial charge in [0.25, 0.3) is 11.6 Å². The summed E-state index contributed by atoms with van der Waals surface area (Å²) in [5.74, 6) is -1.06. The van der Waals surface area contributed by atoms with Crippen molar-refractivity contribution in [1.29, 1.82) is 0 Å². The topological polar surface area (TPSA) is 99.0 Å². The molecule has 0 fully saturated rings. The van der Waals surface area contributed by atoms with Crippen molar-refractivity contribution in [2.24, 2.45) is 0 Å². The average molecular weight is 400 g/mol. The van der Waals surface area contributed by atoms with Crippen molar-refractivity contribution < 1.29 is 24.0 Å². The second-order valence-electron chi connectivity index (χ2n) is 6.52. The van der Waals surface area contributed by atoms with Crippen LogP contribution in [0.5, 0.6) is 5.75 Å². The first-order valence-corrected chi connectivity index (χ1v) is 9.18. The molecule has 0 aliphatic carbocycles. The first-order chi connectivity index (χ1) is 13.8. The summed E-state index contributed by atoms with van der Waals surface area (Å²) in [5, 5.41) is 10.9. The Balaban J connectivity index is 2.07. The van der Waals surface area contributed by atoms with Crippen LogP contribution in [0.2, 0.25) is 0 Å². The molecule has 154 valence electrons. The number of amides is 1. The van der Waals surface area contributed by atoms with Crippen molar-refractivity contribution in [2.45, 2.75) is 26.8 Å². The van der Waals surface area contributed by atoms with Crippen LogP contribution < -0.4 is 4.74 Å². The smallest absolute Gasteiger partial charge is 0.342 e.